The van der Waals surface area contributed by atoms with Gasteiger partial charge in [-0.05, 0) is 38.1 Å². The van der Waals surface area contributed by atoms with E-state index in [2.05, 4.69) is 25.6 Å². The molecule has 0 saturated carbocycles. The molecule has 8 heteroatoms. The Morgan fingerprint density at radius 2 is 2.04 bits per heavy atom. The van der Waals surface area contributed by atoms with Gasteiger partial charge >= 0.3 is 0 Å². The predicted molar refractivity (Wildman–Crippen MR) is 85.8 cm³/mol. The maximum Gasteiger partial charge on any atom is 0.271 e. The van der Waals surface area contributed by atoms with Crippen molar-refractivity contribution in [2.24, 2.45) is 0 Å². The smallest absolute Gasteiger partial charge is 0.271 e. The Hall–Kier alpha value is -3.03. The van der Waals surface area contributed by atoms with Crippen LogP contribution in [0.4, 0.5) is 4.39 Å². The standard InChI is InChI=1S/C16H17FN6O/c1-10-9-23(22-21-10)8-7-18-16(24)14-11(2)19-15(20-14)12-3-5-13(17)6-4-12/h3-6,9H,7-8H2,1-2H3,(H,18,24)(H,19,20). The zero-order valence-corrected chi connectivity index (χ0v) is 13.4. The molecule has 3 rings (SSSR count). The van der Waals surface area contributed by atoms with Gasteiger partial charge in [0.05, 0.1) is 12.2 Å². The van der Waals surface area contributed by atoms with E-state index in [1.165, 1.54) is 12.1 Å². The van der Waals surface area contributed by atoms with Crippen LogP contribution in [-0.2, 0) is 6.54 Å². The Kier molecular flexibility index (Phi) is 4.37. The van der Waals surface area contributed by atoms with E-state index in [1.807, 2.05) is 6.92 Å². The van der Waals surface area contributed by atoms with Gasteiger partial charge in [0.25, 0.3) is 5.91 Å². The maximum absolute atomic E-state index is 13.0. The molecule has 0 aliphatic carbocycles. The number of carbonyl (C=O) groups is 1. The molecular weight excluding hydrogens is 311 g/mol. The molecule has 2 heterocycles. The number of carbonyl (C=O) groups excluding carboxylic acids is 1. The van der Waals surface area contributed by atoms with Crippen molar-refractivity contribution < 1.29 is 9.18 Å². The molecule has 3 aromatic rings. The molecule has 2 N–H and O–H groups in total. The first-order valence-electron chi connectivity index (χ1n) is 7.50. The van der Waals surface area contributed by atoms with E-state index in [1.54, 1.807) is 29.9 Å². The second-order valence-corrected chi connectivity index (χ2v) is 5.44. The summed E-state index contributed by atoms with van der Waals surface area (Å²) in [5.41, 5.74) is 2.53. The topological polar surface area (TPSA) is 88.5 Å². The van der Waals surface area contributed by atoms with E-state index < -0.39 is 0 Å². The van der Waals surface area contributed by atoms with Gasteiger partial charge in [-0.25, -0.2) is 9.37 Å². The molecule has 0 bridgehead atoms. The highest BCUT2D eigenvalue weighted by Crippen LogP contribution is 2.18. The van der Waals surface area contributed by atoms with Gasteiger partial charge in [0.2, 0.25) is 0 Å². The zero-order chi connectivity index (χ0) is 17.1. The number of imidazole rings is 1. The minimum Gasteiger partial charge on any atom is -0.349 e. The minimum atomic E-state index is -0.316. The molecule has 2 aromatic heterocycles. The molecule has 0 saturated heterocycles. The lowest BCUT2D eigenvalue weighted by atomic mass is 10.2. The van der Waals surface area contributed by atoms with Crippen molar-refractivity contribution in [1.29, 1.82) is 0 Å². The molecule has 0 radical (unpaired) electrons. The number of amides is 1. The van der Waals surface area contributed by atoms with E-state index >= 15 is 0 Å². The monoisotopic (exact) mass is 328 g/mol. The Morgan fingerprint density at radius 3 is 2.71 bits per heavy atom. The summed E-state index contributed by atoms with van der Waals surface area (Å²) in [6.07, 6.45) is 1.80. The normalized spacial score (nSPS) is 10.8. The van der Waals surface area contributed by atoms with Crippen LogP contribution >= 0.6 is 0 Å². The fourth-order valence-electron chi connectivity index (χ4n) is 2.30. The van der Waals surface area contributed by atoms with Crippen LogP contribution in [0.3, 0.4) is 0 Å². The van der Waals surface area contributed by atoms with E-state index in [9.17, 15) is 9.18 Å². The highest BCUT2D eigenvalue weighted by Gasteiger charge is 2.15. The van der Waals surface area contributed by atoms with Crippen molar-refractivity contribution in [3.8, 4) is 11.4 Å². The van der Waals surface area contributed by atoms with Crippen molar-refractivity contribution in [3.05, 3.63) is 53.4 Å². The zero-order valence-electron chi connectivity index (χ0n) is 13.4. The summed E-state index contributed by atoms with van der Waals surface area (Å²) in [5, 5.41) is 10.6. The molecule has 0 fully saturated rings. The highest BCUT2D eigenvalue weighted by molar-refractivity contribution is 5.94. The quantitative estimate of drug-likeness (QED) is 0.748. The lowest BCUT2D eigenvalue weighted by molar-refractivity contribution is 0.0947. The maximum atomic E-state index is 13.0. The molecule has 0 unspecified atom stereocenters. The number of aromatic amines is 1. The first-order chi connectivity index (χ1) is 11.5. The van der Waals surface area contributed by atoms with E-state index in [4.69, 9.17) is 0 Å². The number of rotatable bonds is 5. The summed E-state index contributed by atoms with van der Waals surface area (Å²) in [5.74, 6) is -0.0538. The lowest BCUT2D eigenvalue weighted by Gasteiger charge is -2.03. The van der Waals surface area contributed by atoms with Gasteiger partial charge in [-0.15, -0.1) is 5.10 Å². The molecule has 0 aliphatic heterocycles. The third kappa shape index (κ3) is 3.48. The summed E-state index contributed by atoms with van der Waals surface area (Å²) in [6.45, 7) is 4.57. The largest absolute Gasteiger partial charge is 0.349 e. The van der Waals surface area contributed by atoms with Gasteiger partial charge in [-0.3, -0.25) is 9.48 Å². The average molecular weight is 328 g/mol. The summed E-state index contributed by atoms with van der Waals surface area (Å²) in [6, 6.07) is 5.94. The summed E-state index contributed by atoms with van der Waals surface area (Å²) in [7, 11) is 0. The van der Waals surface area contributed by atoms with Gasteiger partial charge in [0.1, 0.15) is 17.3 Å². The van der Waals surface area contributed by atoms with Crippen LogP contribution in [0.5, 0.6) is 0 Å². The van der Waals surface area contributed by atoms with Gasteiger partial charge < -0.3 is 10.3 Å². The number of H-pyrrole nitrogens is 1. The molecule has 24 heavy (non-hydrogen) atoms. The van der Waals surface area contributed by atoms with Gasteiger partial charge in [-0.2, -0.15) is 0 Å². The lowest BCUT2D eigenvalue weighted by Crippen LogP contribution is -2.28. The number of hydrogen-bond acceptors (Lipinski definition) is 4. The third-order valence-electron chi connectivity index (χ3n) is 3.50. The fraction of sp³-hybridized carbons (Fsp3) is 0.250. The van der Waals surface area contributed by atoms with Crippen LogP contribution in [0, 0.1) is 19.7 Å². The van der Waals surface area contributed by atoms with Crippen molar-refractivity contribution in [3.63, 3.8) is 0 Å². The molecule has 0 spiro atoms. The number of benzene rings is 1. The summed E-state index contributed by atoms with van der Waals surface area (Å²) < 4.78 is 14.7. The van der Waals surface area contributed by atoms with Crippen molar-refractivity contribution in [1.82, 2.24) is 30.3 Å². The number of aryl methyl sites for hydroxylation is 2. The van der Waals surface area contributed by atoms with Gasteiger partial charge in [0, 0.05) is 24.0 Å². The van der Waals surface area contributed by atoms with E-state index in [-0.39, 0.29) is 11.7 Å². The Morgan fingerprint density at radius 1 is 1.29 bits per heavy atom. The van der Waals surface area contributed by atoms with Gasteiger partial charge in [-0.1, -0.05) is 5.21 Å². The molecule has 0 aliphatic rings. The summed E-state index contributed by atoms with van der Waals surface area (Å²) in [4.78, 5) is 19.6. The third-order valence-corrected chi connectivity index (χ3v) is 3.50. The van der Waals surface area contributed by atoms with Crippen LogP contribution in [0.1, 0.15) is 21.9 Å². The van der Waals surface area contributed by atoms with Crippen LogP contribution in [-0.4, -0.2) is 37.4 Å². The van der Waals surface area contributed by atoms with E-state index in [0.29, 0.717) is 30.3 Å². The Labute approximate surface area is 137 Å². The highest BCUT2D eigenvalue weighted by atomic mass is 19.1. The molecule has 7 nitrogen and oxygen atoms in total. The first kappa shape index (κ1) is 15.9. The Bertz CT molecular complexity index is 852. The van der Waals surface area contributed by atoms with Gasteiger partial charge in [0.15, 0.2) is 0 Å². The molecule has 0 atom stereocenters. The van der Waals surface area contributed by atoms with Crippen LogP contribution in [0.25, 0.3) is 11.4 Å². The number of nitrogens with zero attached hydrogens (tertiary/aromatic N) is 4. The molecular formula is C16H17FN6O. The SMILES string of the molecule is Cc1cn(CCNC(=O)c2nc(-c3ccc(F)cc3)[nH]c2C)nn1. The Balaban J connectivity index is 1.65. The minimum absolute atomic E-state index is 0.269. The number of nitrogens with one attached hydrogen (secondary N) is 2. The number of halogens is 1. The number of aromatic nitrogens is 5. The molecule has 1 aromatic carbocycles. The second-order valence-electron chi connectivity index (χ2n) is 5.44. The van der Waals surface area contributed by atoms with Crippen LogP contribution in [0.2, 0.25) is 0 Å². The van der Waals surface area contributed by atoms with Crippen molar-refractivity contribution in [2.45, 2.75) is 20.4 Å². The molecule has 124 valence electrons. The number of hydrogen-bond donors (Lipinski definition) is 2. The van der Waals surface area contributed by atoms with Crippen molar-refractivity contribution in [2.75, 3.05) is 6.54 Å². The second kappa shape index (κ2) is 6.61. The fourth-order valence-corrected chi connectivity index (χ4v) is 2.30. The van der Waals surface area contributed by atoms with Crippen LogP contribution in [0.15, 0.2) is 30.5 Å². The summed E-state index contributed by atoms with van der Waals surface area (Å²) >= 11 is 0. The van der Waals surface area contributed by atoms with Crippen molar-refractivity contribution >= 4 is 5.91 Å². The molecule has 1 amide bonds. The first-order valence-corrected chi connectivity index (χ1v) is 7.50. The average Bonchev–Trinajstić information content (AvgIpc) is 3.14. The predicted octanol–water partition coefficient (Wildman–Crippen LogP) is 1.85. The van der Waals surface area contributed by atoms with Crippen LogP contribution < -0.4 is 5.32 Å². The van der Waals surface area contributed by atoms with E-state index in [0.717, 1.165) is 11.3 Å².